The van der Waals surface area contributed by atoms with Crippen LogP contribution in [-0.2, 0) is 4.79 Å². The first-order valence-electron chi connectivity index (χ1n) is 5.86. The van der Waals surface area contributed by atoms with Gasteiger partial charge in [-0.2, -0.15) is 0 Å². The van der Waals surface area contributed by atoms with Gasteiger partial charge in [0.05, 0.1) is 0 Å². The van der Waals surface area contributed by atoms with E-state index in [2.05, 4.69) is 11.8 Å². The van der Waals surface area contributed by atoms with Crippen molar-refractivity contribution in [3.63, 3.8) is 0 Å². The molecule has 0 bridgehead atoms. The maximum Gasteiger partial charge on any atom is 0.135 e. The van der Waals surface area contributed by atoms with E-state index in [1.54, 1.807) is 6.92 Å². The fourth-order valence-corrected chi connectivity index (χ4v) is 2.24. The molecule has 0 spiro atoms. The highest BCUT2D eigenvalue weighted by molar-refractivity contribution is 5.79. The molecule has 1 rings (SSSR count). The van der Waals surface area contributed by atoms with E-state index in [0.29, 0.717) is 19.3 Å². The van der Waals surface area contributed by atoms with E-state index < -0.39 is 0 Å². The van der Waals surface area contributed by atoms with Gasteiger partial charge in [0, 0.05) is 24.8 Å². The van der Waals surface area contributed by atoms with Gasteiger partial charge in [-0.15, -0.1) is 11.8 Å². The summed E-state index contributed by atoms with van der Waals surface area (Å²) in [5.41, 5.74) is 6.01. The topological polar surface area (TPSA) is 43.1 Å². The Bertz CT molecular complexity index is 266. The molecule has 15 heavy (non-hydrogen) atoms. The third kappa shape index (κ3) is 4.48. The molecule has 2 N–H and O–H groups in total. The van der Waals surface area contributed by atoms with Crippen LogP contribution in [0, 0.1) is 11.8 Å². The summed E-state index contributed by atoms with van der Waals surface area (Å²) in [5.74, 6) is 6.00. The Kier molecular flexibility index (Phi) is 4.84. The Morgan fingerprint density at radius 3 is 2.60 bits per heavy atom. The van der Waals surface area contributed by atoms with Crippen molar-refractivity contribution in [3.05, 3.63) is 0 Å². The number of carbonyl (C=O) groups is 1. The summed E-state index contributed by atoms with van der Waals surface area (Å²) < 4.78 is 0. The quantitative estimate of drug-likeness (QED) is 0.719. The summed E-state index contributed by atoms with van der Waals surface area (Å²) >= 11 is 0. The van der Waals surface area contributed by atoms with Crippen molar-refractivity contribution in [2.75, 3.05) is 0 Å². The zero-order valence-corrected chi connectivity index (χ0v) is 9.64. The Hall–Kier alpha value is -0.810. The smallest absolute Gasteiger partial charge is 0.135 e. The van der Waals surface area contributed by atoms with Gasteiger partial charge in [-0.25, -0.2) is 0 Å². The van der Waals surface area contributed by atoms with Crippen molar-refractivity contribution in [1.29, 1.82) is 0 Å². The number of hydrogen-bond donors (Lipinski definition) is 1. The van der Waals surface area contributed by atoms with E-state index in [1.807, 2.05) is 0 Å². The molecule has 0 amide bonds. The number of carbonyl (C=O) groups excluding carboxylic acids is 1. The summed E-state index contributed by atoms with van der Waals surface area (Å²) in [6, 6.07) is 0. The first-order valence-corrected chi connectivity index (χ1v) is 5.86. The zero-order valence-electron chi connectivity index (χ0n) is 9.64. The molecule has 0 heterocycles. The van der Waals surface area contributed by atoms with Crippen molar-refractivity contribution in [3.8, 4) is 11.8 Å². The van der Waals surface area contributed by atoms with Crippen molar-refractivity contribution in [2.24, 2.45) is 5.73 Å². The molecule has 0 aliphatic heterocycles. The first kappa shape index (κ1) is 12.3. The summed E-state index contributed by atoms with van der Waals surface area (Å²) in [6.07, 6.45) is 7.46. The van der Waals surface area contributed by atoms with Crippen LogP contribution in [0.2, 0.25) is 0 Å². The maximum absolute atomic E-state index is 11.6. The molecular weight excluding hydrogens is 186 g/mol. The van der Waals surface area contributed by atoms with Crippen LogP contribution in [0.15, 0.2) is 0 Å². The molecule has 84 valence electrons. The van der Waals surface area contributed by atoms with E-state index in [-0.39, 0.29) is 11.3 Å². The molecule has 1 saturated carbocycles. The lowest BCUT2D eigenvalue weighted by Gasteiger charge is -2.32. The second-order valence-electron chi connectivity index (χ2n) is 4.57. The fraction of sp³-hybridized carbons (Fsp3) is 0.769. The lowest BCUT2D eigenvalue weighted by Crippen LogP contribution is -2.43. The maximum atomic E-state index is 11.6. The Morgan fingerprint density at radius 2 is 2.00 bits per heavy atom. The zero-order chi connectivity index (χ0) is 11.1. The minimum atomic E-state index is -0.199. The van der Waals surface area contributed by atoms with Crippen LogP contribution in [0.25, 0.3) is 0 Å². The molecule has 0 aromatic heterocycles. The lowest BCUT2D eigenvalue weighted by molar-refractivity contribution is -0.120. The molecule has 0 saturated heterocycles. The van der Waals surface area contributed by atoms with Crippen LogP contribution in [0.3, 0.4) is 0 Å². The van der Waals surface area contributed by atoms with Crippen LogP contribution < -0.4 is 5.73 Å². The minimum absolute atomic E-state index is 0.199. The van der Waals surface area contributed by atoms with Gasteiger partial charge in [0.2, 0.25) is 0 Å². The van der Waals surface area contributed by atoms with Gasteiger partial charge in [0.15, 0.2) is 0 Å². The standard InChI is InChI=1S/C13H21NO/c1-2-3-5-8-12(15)11-13(14)9-6-4-7-10-13/h4-11,14H2,1H3. The Labute approximate surface area is 92.6 Å². The number of hydrogen-bond acceptors (Lipinski definition) is 2. The van der Waals surface area contributed by atoms with Crippen molar-refractivity contribution >= 4 is 5.78 Å². The highest BCUT2D eigenvalue weighted by atomic mass is 16.1. The molecule has 0 unspecified atom stereocenters. The average Bonchev–Trinajstić information content (AvgIpc) is 2.18. The van der Waals surface area contributed by atoms with E-state index >= 15 is 0 Å². The first-order chi connectivity index (χ1) is 7.16. The fourth-order valence-electron chi connectivity index (χ4n) is 2.24. The van der Waals surface area contributed by atoms with Crippen LogP contribution in [0.4, 0.5) is 0 Å². The van der Waals surface area contributed by atoms with E-state index in [0.717, 1.165) is 12.8 Å². The van der Waals surface area contributed by atoms with Crippen LogP contribution in [-0.4, -0.2) is 11.3 Å². The molecular formula is C13H21NO. The molecule has 0 aromatic rings. The molecule has 1 aliphatic rings. The molecule has 0 aromatic carbocycles. The van der Waals surface area contributed by atoms with Crippen LogP contribution in [0.1, 0.15) is 58.3 Å². The normalized spacial score (nSPS) is 19.1. The Balaban J connectivity index is 2.31. The predicted molar refractivity (Wildman–Crippen MR) is 62.3 cm³/mol. The van der Waals surface area contributed by atoms with Gasteiger partial charge >= 0.3 is 0 Å². The highest BCUT2D eigenvalue weighted by Gasteiger charge is 2.29. The lowest BCUT2D eigenvalue weighted by atomic mass is 9.79. The van der Waals surface area contributed by atoms with Gasteiger partial charge < -0.3 is 5.73 Å². The molecule has 1 aliphatic carbocycles. The van der Waals surface area contributed by atoms with E-state index in [9.17, 15) is 4.79 Å². The highest BCUT2D eigenvalue weighted by Crippen LogP contribution is 2.29. The predicted octanol–water partition coefficient (Wildman–Crippen LogP) is 2.41. The van der Waals surface area contributed by atoms with Gasteiger partial charge in [-0.05, 0) is 19.8 Å². The molecule has 2 nitrogen and oxygen atoms in total. The molecule has 0 radical (unpaired) electrons. The van der Waals surface area contributed by atoms with Crippen LogP contribution >= 0.6 is 0 Å². The van der Waals surface area contributed by atoms with E-state index in [4.69, 9.17) is 5.73 Å². The SMILES string of the molecule is CC#CCCC(=O)CC1(N)CCCCC1. The summed E-state index contributed by atoms with van der Waals surface area (Å²) in [4.78, 5) is 11.6. The molecule has 0 atom stereocenters. The minimum Gasteiger partial charge on any atom is -0.325 e. The largest absolute Gasteiger partial charge is 0.325 e. The van der Waals surface area contributed by atoms with Gasteiger partial charge in [-0.1, -0.05) is 19.3 Å². The number of rotatable bonds is 4. The van der Waals surface area contributed by atoms with E-state index in [1.165, 1.54) is 19.3 Å². The van der Waals surface area contributed by atoms with Crippen molar-refractivity contribution < 1.29 is 4.79 Å². The third-order valence-corrected chi connectivity index (χ3v) is 3.10. The Morgan fingerprint density at radius 1 is 1.33 bits per heavy atom. The monoisotopic (exact) mass is 207 g/mol. The summed E-state index contributed by atoms with van der Waals surface area (Å²) in [6.45, 7) is 1.80. The summed E-state index contributed by atoms with van der Waals surface area (Å²) in [7, 11) is 0. The van der Waals surface area contributed by atoms with Gasteiger partial charge in [0.25, 0.3) is 0 Å². The van der Waals surface area contributed by atoms with Gasteiger partial charge in [0.1, 0.15) is 5.78 Å². The summed E-state index contributed by atoms with van der Waals surface area (Å²) in [5, 5.41) is 0. The van der Waals surface area contributed by atoms with Crippen molar-refractivity contribution in [2.45, 2.75) is 63.8 Å². The van der Waals surface area contributed by atoms with Crippen LogP contribution in [0.5, 0.6) is 0 Å². The number of nitrogens with two attached hydrogens (primary N) is 1. The average molecular weight is 207 g/mol. The van der Waals surface area contributed by atoms with Gasteiger partial charge in [-0.3, -0.25) is 4.79 Å². The van der Waals surface area contributed by atoms with Crippen molar-refractivity contribution in [1.82, 2.24) is 0 Å². The number of ketones is 1. The second-order valence-corrected chi connectivity index (χ2v) is 4.57. The third-order valence-electron chi connectivity index (χ3n) is 3.10. The molecule has 2 heteroatoms. The number of Topliss-reactive ketones (excluding diaryl/α,β-unsaturated/α-hetero) is 1. The second kappa shape index (κ2) is 5.92. The molecule has 1 fully saturated rings.